The summed E-state index contributed by atoms with van der Waals surface area (Å²) in [5, 5.41) is 12.4. The van der Waals surface area contributed by atoms with Crippen molar-refractivity contribution in [3.05, 3.63) is 52.5 Å². The van der Waals surface area contributed by atoms with Crippen molar-refractivity contribution in [2.24, 2.45) is 0 Å². The van der Waals surface area contributed by atoms with Gasteiger partial charge in [0.25, 0.3) is 5.91 Å². The molecule has 0 unspecified atom stereocenters. The summed E-state index contributed by atoms with van der Waals surface area (Å²) >= 11 is 6.02. The minimum atomic E-state index is -0.219. The van der Waals surface area contributed by atoms with Gasteiger partial charge in [0.15, 0.2) is 0 Å². The number of hydrogen-bond donors (Lipinski definition) is 2. The summed E-state index contributed by atoms with van der Waals surface area (Å²) in [5.41, 5.74) is 3.22. The van der Waals surface area contributed by atoms with Gasteiger partial charge in [-0.3, -0.25) is 4.79 Å². The van der Waals surface area contributed by atoms with Crippen molar-refractivity contribution in [2.75, 3.05) is 7.05 Å². The number of aryl methyl sites for hydroxylation is 1. The first-order valence-electron chi connectivity index (χ1n) is 5.84. The molecule has 0 saturated heterocycles. The number of hydrogen-bond acceptors (Lipinski definition) is 2. The van der Waals surface area contributed by atoms with Crippen LogP contribution >= 0.6 is 11.6 Å². The summed E-state index contributed by atoms with van der Waals surface area (Å²) in [4.78, 5) is 11.7. The van der Waals surface area contributed by atoms with Gasteiger partial charge in [-0.2, -0.15) is 0 Å². The van der Waals surface area contributed by atoms with Crippen LogP contribution in [-0.4, -0.2) is 18.1 Å². The van der Waals surface area contributed by atoms with Gasteiger partial charge in [-0.15, -0.1) is 0 Å². The van der Waals surface area contributed by atoms with Gasteiger partial charge in [-0.1, -0.05) is 23.7 Å². The van der Waals surface area contributed by atoms with Crippen LogP contribution in [0.3, 0.4) is 0 Å². The van der Waals surface area contributed by atoms with E-state index in [0.717, 1.165) is 16.7 Å². The third kappa shape index (κ3) is 2.71. The number of aromatic hydroxyl groups is 1. The second-order valence-electron chi connectivity index (χ2n) is 4.27. The molecule has 2 aromatic carbocycles. The quantitative estimate of drug-likeness (QED) is 0.883. The Kier molecular flexibility index (Phi) is 3.76. The Labute approximate surface area is 116 Å². The molecule has 2 aromatic rings. The number of rotatable bonds is 2. The maximum atomic E-state index is 11.7. The number of phenols is 1. The summed E-state index contributed by atoms with van der Waals surface area (Å²) < 4.78 is 0. The van der Waals surface area contributed by atoms with Crippen molar-refractivity contribution < 1.29 is 9.90 Å². The summed E-state index contributed by atoms with van der Waals surface area (Å²) in [5.74, 6) is 0.00465. The lowest BCUT2D eigenvalue weighted by molar-refractivity contribution is 0.0963. The molecule has 2 N–H and O–H groups in total. The monoisotopic (exact) mass is 275 g/mol. The summed E-state index contributed by atoms with van der Waals surface area (Å²) in [6.07, 6.45) is 0. The molecule has 0 aliphatic rings. The molecule has 0 atom stereocenters. The maximum Gasteiger partial charge on any atom is 0.252 e. The van der Waals surface area contributed by atoms with Crippen molar-refractivity contribution in [3.8, 4) is 16.9 Å². The average Bonchev–Trinajstić information content (AvgIpc) is 2.39. The minimum absolute atomic E-state index is 0.219. The van der Waals surface area contributed by atoms with Crippen LogP contribution in [0.4, 0.5) is 0 Å². The van der Waals surface area contributed by atoms with Crippen LogP contribution in [0.5, 0.6) is 5.75 Å². The molecule has 0 spiro atoms. The Morgan fingerprint density at radius 1 is 1.21 bits per heavy atom. The van der Waals surface area contributed by atoms with Crippen LogP contribution in [0.1, 0.15) is 15.9 Å². The fraction of sp³-hybridized carbons (Fsp3) is 0.133. The van der Waals surface area contributed by atoms with Crippen molar-refractivity contribution in [1.82, 2.24) is 5.32 Å². The van der Waals surface area contributed by atoms with E-state index in [9.17, 15) is 9.90 Å². The molecule has 0 aromatic heterocycles. The predicted octanol–water partition coefficient (Wildman–Crippen LogP) is 3.38. The van der Waals surface area contributed by atoms with E-state index in [1.165, 1.54) is 0 Å². The molecule has 0 aliphatic heterocycles. The van der Waals surface area contributed by atoms with E-state index < -0.39 is 0 Å². The highest BCUT2D eigenvalue weighted by molar-refractivity contribution is 6.34. The standard InChI is InChI=1S/C15H14ClNO2/c1-9-7-11(18)4-5-12(9)10-3-6-14(16)13(8-10)15(19)17-2/h3-8,18H,1-2H3,(H,17,19). The molecule has 0 saturated carbocycles. The van der Waals surface area contributed by atoms with E-state index in [2.05, 4.69) is 5.32 Å². The molecule has 2 rings (SSSR count). The van der Waals surface area contributed by atoms with Gasteiger partial charge in [-0.05, 0) is 47.9 Å². The average molecular weight is 276 g/mol. The Morgan fingerprint density at radius 2 is 1.95 bits per heavy atom. The van der Waals surface area contributed by atoms with Gasteiger partial charge in [-0.25, -0.2) is 0 Å². The van der Waals surface area contributed by atoms with Crippen LogP contribution in [0.15, 0.2) is 36.4 Å². The van der Waals surface area contributed by atoms with Gasteiger partial charge in [0.2, 0.25) is 0 Å². The molecule has 0 radical (unpaired) electrons. The second-order valence-corrected chi connectivity index (χ2v) is 4.68. The first-order chi connectivity index (χ1) is 9.02. The number of nitrogens with one attached hydrogen (secondary N) is 1. The van der Waals surface area contributed by atoms with Crippen LogP contribution in [0, 0.1) is 6.92 Å². The van der Waals surface area contributed by atoms with Gasteiger partial charge in [0.05, 0.1) is 10.6 Å². The fourth-order valence-corrected chi connectivity index (χ4v) is 2.18. The van der Waals surface area contributed by atoms with Gasteiger partial charge in [0.1, 0.15) is 5.75 Å². The van der Waals surface area contributed by atoms with Crippen LogP contribution in [-0.2, 0) is 0 Å². The lowest BCUT2D eigenvalue weighted by atomic mass is 9.98. The van der Waals surface area contributed by atoms with Gasteiger partial charge >= 0.3 is 0 Å². The Balaban J connectivity index is 2.54. The third-order valence-corrected chi connectivity index (χ3v) is 3.29. The minimum Gasteiger partial charge on any atom is -0.508 e. The molecule has 0 bridgehead atoms. The zero-order valence-electron chi connectivity index (χ0n) is 10.7. The summed E-state index contributed by atoms with van der Waals surface area (Å²) in [7, 11) is 1.57. The van der Waals surface area contributed by atoms with Crippen LogP contribution < -0.4 is 5.32 Å². The fourth-order valence-electron chi connectivity index (χ4n) is 1.97. The van der Waals surface area contributed by atoms with Crippen molar-refractivity contribution >= 4 is 17.5 Å². The summed E-state index contributed by atoms with van der Waals surface area (Å²) in [6, 6.07) is 10.4. The maximum absolute atomic E-state index is 11.7. The van der Waals surface area contributed by atoms with Crippen molar-refractivity contribution in [3.63, 3.8) is 0 Å². The molecule has 0 fully saturated rings. The smallest absolute Gasteiger partial charge is 0.252 e. The number of benzene rings is 2. The predicted molar refractivity (Wildman–Crippen MR) is 76.7 cm³/mol. The zero-order valence-corrected chi connectivity index (χ0v) is 11.5. The van der Waals surface area contributed by atoms with E-state index in [-0.39, 0.29) is 11.7 Å². The number of phenolic OH excluding ortho intramolecular Hbond substituents is 1. The molecule has 1 amide bonds. The normalized spacial score (nSPS) is 10.3. The number of amides is 1. The third-order valence-electron chi connectivity index (χ3n) is 2.96. The molecule has 0 heterocycles. The second kappa shape index (κ2) is 5.33. The molecule has 3 nitrogen and oxygen atoms in total. The van der Waals surface area contributed by atoms with Crippen LogP contribution in [0.2, 0.25) is 5.02 Å². The highest BCUT2D eigenvalue weighted by atomic mass is 35.5. The van der Waals surface area contributed by atoms with E-state index in [4.69, 9.17) is 11.6 Å². The Bertz CT molecular complexity index is 638. The first-order valence-corrected chi connectivity index (χ1v) is 6.22. The highest BCUT2D eigenvalue weighted by Crippen LogP contribution is 2.29. The molecule has 98 valence electrons. The zero-order chi connectivity index (χ0) is 14.0. The molecule has 4 heteroatoms. The van der Waals surface area contributed by atoms with E-state index in [1.54, 1.807) is 31.3 Å². The number of carbonyl (C=O) groups excluding carboxylic acids is 1. The lowest BCUT2D eigenvalue weighted by Crippen LogP contribution is -2.18. The largest absolute Gasteiger partial charge is 0.508 e. The van der Waals surface area contributed by atoms with E-state index in [0.29, 0.717) is 10.6 Å². The summed E-state index contributed by atoms with van der Waals surface area (Å²) in [6.45, 7) is 1.91. The van der Waals surface area contributed by atoms with E-state index >= 15 is 0 Å². The first kappa shape index (κ1) is 13.4. The van der Waals surface area contributed by atoms with Gasteiger partial charge in [0, 0.05) is 7.05 Å². The van der Waals surface area contributed by atoms with E-state index in [1.807, 2.05) is 19.1 Å². The molecular formula is C15H14ClNO2. The van der Waals surface area contributed by atoms with Crippen molar-refractivity contribution in [2.45, 2.75) is 6.92 Å². The number of carbonyl (C=O) groups is 1. The van der Waals surface area contributed by atoms with Gasteiger partial charge < -0.3 is 10.4 Å². The molecule has 19 heavy (non-hydrogen) atoms. The lowest BCUT2D eigenvalue weighted by Gasteiger charge is -2.09. The topological polar surface area (TPSA) is 49.3 Å². The van der Waals surface area contributed by atoms with Crippen molar-refractivity contribution in [1.29, 1.82) is 0 Å². The molecule has 0 aliphatic carbocycles. The van der Waals surface area contributed by atoms with Crippen LogP contribution in [0.25, 0.3) is 11.1 Å². The molecular weight excluding hydrogens is 262 g/mol. The Hall–Kier alpha value is -2.00. The number of halogens is 1. The highest BCUT2D eigenvalue weighted by Gasteiger charge is 2.11. The SMILES string of the molecule is CNC(=O)c1cc(-c2ccc(O)cc2C)ccc1Cl. The Morgan fingerprint density at radius 3 is 2.58 bits per heavy atom.